The van der Waals surface area contributed by atoms with Crippen LogP contribution < -0.4 is 11.1 Å². The Labute approximate surface area is 89.9 Å². The van der Waals surface area contributed by atoms with Crippen molar-refractivity contribution < 1.29 is 4.79 Å². The van der Waals surface area contributed by atoms with E-state index in [9.17, 15) is 4.79 Å². The Morgan fingerprint density at radius 3 is 3.00 bits per heavy atom. The zero-order valence-electron chi connectivity index (χ0n) is 8.99. The van der Waals surface area contributed by atoms with Gasteiger partial charge >= 0.3 is 0 Å². The number of nitrogens with zero attached hydrogens (tertiary/aromatic N) is 1. The monoisotopic (exact) mass is 207 g/mol. The van der Waals surface area contributed by atoms with Crippen molar-refractivity contribution >= 4 is 17.4 Å². The number of rotatable bonds is 5. The molecule has 1 aromatic heterocycles. The zero-order chi connectivity index (χ0) is 11.1. The second-order valence-corrected chi connectivity index (χ2v) is 3.45. The molecule has 0 spiro atoms. The molecule has 4 heteroatoms. The number of anilines is 2. The van der Waals surface area contributed by atoms with Gasteiger partial charge in [-0.05, 0) is 18.6 Å². The maximum absolute atomic E-state index is 11.4. The van der Waals surface area contributed by atoms with Crippen LogP contribution in [0.4, 0.5) is 11.5 Å². The molecule has 0 aliphatic rings. The van der Waals surface area contributed by atoms with Crippen molar-refractivity contribution in [2.24, 2.45) is 0 Å². The predicted octanol–water partition coefficient (Wildman–Crippen LogP) is 2.18. The third-order valence-electron chi connectivity index (χ3n) is 2.10. The minimum Gasteiger partial charge on any atom is -0.396 e. The van der Waals surface area contributed by atoms with Crippen LogP contribution in [0.1, 0.15) is 32.6 Å². The van der Waals surface area contributed by atoms with E-state index in [2.05, 4.69) is 17.2 Å². The summed E-state index contributed by atoms with van der Waals surface area (Å²) in [7, 11) is 0. The highest BCUT2D eigenvalue weighted by atomic mass is 16.1. The average molecular weight is 207 g/mol. The van der Waals surface area contributed by atoms with E-state index in [1.165, 1.54) is 0 Å². The van der Waals surface area contributed by atoms with Gasteiger partial charge in [-0.15, -0.1) is 0 Å². The number of unbranched alkanes of at least 4 members (excludes halogenated alkanes) is 2. The standard InChI is InChI=1S/C11H17N3O/c1-2-3-4-7-10(15)14-11-9(12)6-5-8-13-11/h5-6,8H,2-4,7,12H2,1H3,(H,13,14,15). The molecule has 4 nitrogen and oxygen atoms in total. The Balaban J connectivity index is 2.41. The molecular weight excluding hydrogens is 190 g/mol. The quantitative estimate of drug-likeness (QED) is 0.727. The second kappa shape index (κ2) is 6.01. The zero-order valence-corrected chi connectivity index (χ0v) is 8.99. The van der Waals surface area contributed by atoms with Crippen LogP contribution in [0.2, 0.25) is 0 Å². The second-order valence-electron chi connectivity index (χ2n) is 3.45. The molecule has 0 bridgehead atoms. The van der Waals surface area contributed by atoms with Crippen molar-refractivity contribution in [3.63, 3.8) is 0 Å². The fraction of sp³-hybridized carbons (Fsp3) is 0.455. The highest BCUT2D eigenvalue weighted by Gasteiger charge is 2.04. The lowest BCUT2D eigenvalue weighted by Crippen LogP contribution is -2.13. The molecule has 1 amide bonds. The lowest BCUT2D eigenvalue weighted by Gasteiger charge is -2.05. The number of pyridine rings is 1. The molecule has 0 unspecified atom stereocenters. The van der Waals surface area contributed by atoms with Crippen LogP contribution in [0.3, 0.4) is 0 Å². The molecule has 1 aromatic rings. The Hall–Kier alpha value is -1.58. The summed E-state index contributed by atoms with van der Waals surface area (Å²) in [4.78, 5) is 15.4. The van der Waals surface area contributed by atoms with E-state index in [0.29, 0.717) is 17.9 Å². The highest BCUT2D eigenvalue weighted by molar-refractivity contribution is 5.92. The predicted molar refractivity (Wildman–Crippen MR) is 61.4 cm³/mol. The molecule has 0 radical (unpaired) electrons. The van der Waals surface area contributed by atoms with Crippen molar-refractivity contribution in [3.05, 3.63) is 18.3 Å². The Bertz CT molecular complexity index is 325. The summed E-state index contributed by atoms with van der Waals surface area (Å²) < 4.78 is 0. The lowest BCUT2D eigenvalue weighted by atomic mass is 10.2. The summed E-state index contributed by atoms with van der Waals surface area (Å²) in [6, 6.07) is 3.46. The minimum atomic E-state index is -0.0196. The molecule has 3 N–H and O–H groups in total. The number of nitrogen functional groups attached to an aromatic ring is 1. The van der Waals surface area contributed by atoms with Gasteiger partial charge in [0.25, 0.3) is 0 Å². The van der Waals surface area contributed by atoms with Crippen LogP contribution in [-0.4, -0.2) is 10.9 Å². The molecule has 0 atom stereocenters. The Morgan fingerprint density at radius 2 is 2.33 bits per heavy atom. The summed E-state index contributed by atoms with van der Waals surface area (Å²) >= 11 is 0. The number of nitrogens with one attached hydrogen (secondary N) is 1. The van der Waals surface area contributed by atoms with Crippen LogP contribution in [0.15, 0.2) is 18.3 Å². The van der Waals surface area contributed by atoms with Crippen LogP contribution in [-0.2, 0) is 4.79 Å². The van der Waals surface area contributed by atoms with Crippen molar-refractivity contribution in [1.82, 2.24) is 4.98 Å². The van der Waals surface area contributed by atoms with Crippen LogP contribution in [0.25, 0.3) is 0 Å². The third kappa shape index (κ3) is 3.97. The van der Waals surface area contributed by atoms with E-state index in [1.807, 2.05) is 0 Å². The largest absolute Gasteiger partial charge is 0.396 e. The molecule has 0 fully saturated rings. The SMILES string of the molecule is CCCCCC(=O)Nc1ncccc1N. The van der Waals surface area contributed by atoms with Crippen molar-refractivity contribution in [2.75, 3.05) is 11.1 Å². The number of nitrogens with two attached hydrogens (primary N) is 1. The van der Waals surface area contributed by atoms with Gasteiger partial charge in [-0.25, -0.2) is 4.98 Å². The van der Waals surface area contributed by atoms with E-state index in [-0.39, 0.29) is 5.91 Å². The topological polar surface area (TPSA) is 68.0 Å². The van der Waals surface area contributed by atoms with Gasteiger partial charge in [0.2, 0.25) is 5.91 Å². The minimum absolute atomic E-state index is 0.0196. The summed E-state index contributed by atoms with van der Waals surface area (Å²) in [5.41, 5.74) is 6.15. The first-order chi connectivity index (χ1) is 7.24. The van der Waals surface area contributed by atoms with Gasteiger partial charge in [0.15, 0.2) is 5.82 Å². The molecule has 0 aromatic carbocycles. The smallest absolute Gasteiger partial charge is 0.225 e. The van der Waals surface area contributed by atoms with Crippen molar-refractivity contribution in [1.29, 1.82) is 0 Å². The fourth-order valence-corrected chi connectivity index (χ4v) is 1.25. The number of carbonyl (C=O) groups excluding carboxylic acids is 1. The number of hydrogen-bond donors (Lipinski definition) is 2. The Morgan fingerprint density at radius 1 is 1.53 bits per heavy atom. The Kier molecular flexibility index (Phi) is 4.60. The van der Waals surface area contributed by atoms with E-state index in [4.69, 9.17) is 5.73 Å². The van der Waals surface area contributed by atoms with Gasteiger partial charge in [-0.1, -0.05) is 19.8 Å². The van der Waals surface area contributed by atoms with Crippen molar-refractivity contribution in [3.8, 4) is 0 Å². The third-order valence-corrected chi connectivity index (χ3v) is 2.10. The van der Waals surface area contributed by atoms with Gasteiger partial charge in [-0.2, -0.15) is 0 Å². The van der Waals surface area contributed by atoms with Gasteiger partial charge in [-0.3, -0.25) is 4.79 Å². The van der Waals surface area contributed by atoms with E-state index in [0.717, 1.165) is 19.3 Å². The molecule has 1 heterocycles. The van der Waals surface area contributed by atoms with Gasteiger partial charge in [0, 0.05) is 12.6 Å². The molecule has 0 saturated carbocycles. The summed E-state index contributed by atoms with van der Waals surface area (Å²) in [5, 5.41) is 2.69. The van der Waals surface area contributed by atoms with Crippen LogP contribution >= 0.6 is 0 Å². The molecular formula is C11H17N3O. The van der Waals surface area contributed by atoms with Gasteiger partial charge in [0.05, 0.1) is 5.69 Å². The maximum atomic E-state index is 11.4. The van der Waals surface area contributed by atoms with E-state index < -0.39 is 0 Å². The number of hydrogen-bond acceptors (Lipinski definition) is 3. The molecule has 0 aliphatic heterocycles. The van der Waals surface area contributed by atoms with Gasteiger partial charge in [0.1, 0.15) is 0 Å². The molecule has 0 aliphatic carbocycles. The highest BCUT2D eigenvalue weighted by Crippen LogP contribution is 2.13. The normalized spacial score (nSPS) is 9.93. The molecule has 15 heavy (non-hydrogen) atoms. The first kappa shape index (κ1) is 11.5. The number of aromatic nitrogens is 1. The van der Waals surface area contributed by atoms with E-state index >= 15 is 0 Å². The van der Waals surface area contributed by atoms with Crippen LogP contribution in [0.5, 0.6) is 0 Å². The first-order valence-corrected chi connectivity index (χ1v) is 5.24. The fourth-order valence-electron chi connectivity index (χ4n) is 1.25. The molecule has 1 rings (SSSR count). The molecule has 0 saturated heterocycles. The first-order valence-electron chi connectivity index (χ1n) is 5.24. The number of amides is 1. The summed E-state index contributed by atoms with van der Waals surface area (Å²) in [6.45, 7) is 2.11. The summed E-state index contributed by atoms with van der Waals surface area (Å²) in [6.07, 6.45) is 5.24. The summed E-state index contributed by atoms with van der Waals surface area (Å²) in [5.74, 6) is 0.438. The number of carbonyl (C=O) groups is 1. The lowest BCUT2D eigenvalue weighted by molar-refractivity contribution is -0.116. The van der Waals surface area contributed by atoms with Crippen molar-refractivity contribution in [2.45, 2.75) is 32.6 Å². The van der Waals surface area contributed by atoms with Gasteiger partial charge < -0.3 is 11.1 Å². The molecule has 82 valence electrons. The maximum Gasteiger partial charge on any atom is 0.225 e. The van der Waals surface area contributed by atoms with E-state index in [1.54, 1.807) is 18.3 Å². The van der Waals surface area contributed by atoms with Crippen LogP contribution in [0, 0.1) is 0 Å². The average Bonchev–Trinajstić information content (AvgIpc) is 2.22.